The monoisotopic (exact) mass is 584 g/mol. The number of Topliss-reactive ketones (excluding diaryl/α,β-unsaturated/α-hetero) is 1. The molecule has 1 aliphatic heterocycles. The number of non-ortho nitro benzene ring substituents is 1. The molecule has 0 radical (unpaired) electrons. The molecule has 0 saturated heterocycles. The predicted octanol–water partition coefficient (Wildman–Crippen LogP) is 4.50. The van der Waals surface area contributed by atoms with Crippen LogP contribution in [0.5, 0.6) is 0 Å². The van der Waals surface area contributed by atoms with Gasteiger partial charge in [0, 0.05) is 45.0 Å². The number of carbonyl (C=O) groups excluding carboxylic acids is 1. The zero-order valence-corrected chi connectivity index (χ0v) is 21.1. The van der Waals surface area contributed by atoms with Crippen LogP contribution in [0.1, 0.15) is 43.7 Å². The van der Waals surface area contributed by atoms with Crippen molar-refractivity contribution in [3.05, 3.63) is 105 Å². The van der Waals surface area contributed by atoms with E-state index >= 15 is 0 Å². The van der Waals surface area contributed by atoms with Crippen molar-refractivity contribution >= 4 is 45.6 Å². The van der Waals surface area contributed by atoms with Gasteiger partial charge in [0.15, 0.2) is 5.78 Å². The molecule has 5 rings (SSSR count). The molecular weight excluding hydrogens is 563 g/mol. The number of ketones is 1. The van der Waals surface area contributed by atoms with Gasteiger partial charge in [0.1, 0.15) is 5.82 Å². The third-order valence-corrected chi connectivity index (χ3v) is 7.17. The van der Waals surface area contributed by atoms with Crippen molar-refractivity contribution in [2.24, 2.45) is 5.41 Å². The molecule has 0 spiro atoms. The van der Waals surface area contributed by atoms with Gasteiger partial charge in [-0.15, -0.1) is 0 Å². The van der Waals surface area contributed by atoms with Crippen LogP contribution in [0, 0.1) is 19.1 Å². The molecule has 35 heavy (non-hydrogen) atoms. The highest BCUT2D eigenvalue weighted by molar-refractivity contribution is 14.1. The fraction of sp³-hybridized carbons (Fsp3) is 0.240. The number of H-pyrrole nitrogens is 2. The summed E-state index contributed by atoms with van der Waals surface area (Å²) in [4.78, 5) is 56.9. The Morgan fingerprint density at radius 3 is 2.29 bits per heavy atom. The second kappa shape index (κ2) is 8.29. The van der Waals surface area contributed by atoms with Crippen molar-refractivity contribution in [1.82, 2.24) is 9.97 Å². The van der Waals surface area contributed by atoms with E-state index in [-0.39, 0.29) is 22.4 Å². The normalized spacial score (nSPS) is 18.8. The Labute approximate surface area is 213 Å². The van der Waals surface area contributed by atoms with Crippen molar-refractivity contribution in [3.63, 3.8) is 0 Å². The Morgan fingerprint density at radius 2 is 1.66 bits per heavy atom. The van der Waals surface area contributed by atoms with Crippen LogP contribution >= 0.6 is 22.6 Å². The lowest BCUT2D eigenvalue weighted by Gasteiger charge is -2.44. The van der Waals surface area contributed by atoms with Crippen LogP contribution in [0.2, 0.25) is 0 Å². The molecular formula is C25H21IN4O5. The lowest BCUT2D eigenvalue weighted by Crippen LogP contribution is -2.42. The van der Waals surface area contributed by atoms with Crippen LogP contribution in [0.25, 0.3) is 0 Å². The summed E-state index contributed by atoms with van der Waals surface area (Å²) in [5.41, 5.74) is 1.01. The Hall–Kier alpha value is -3.54. The van der Waals surface area contributed by atoms with Crippen LogP contribution in [0.15, 0.2) is 69.4 Å². The number of fused-ring (bicyclic) bond motifs is 1. The Bertz CT molecular complexity index is 1520. The van der Waals surface area contributed by atoms with E-state index in [4.69, 9.17) is 0 Å². The van der Waals surface area contributed by atoms with Gasteiger partial charge in [0.2, 0.25) is 0 Å². The lowest BCUT2D eigenvalue weighted by molar-refractivity contribution is -0.384. The number of anilines is 2. The molecule has 3 aromatic rings. The number of rotatable bonds is 3. The number of nitro benzene ring substituents is 1. The average Bonchev–Trinajstić information content (AvgIpc) is 2.78. The smallest absolute Gasteiger partial charge is 0.299 e. The van der Waals surface area contributed by atoms with Crippen molar-refractivity contribution in [2.45, 2.75) is 32.6 Å². The first-order valence-corrected chi connectivity index (χ1v) is 12.1. The fourth-order valence-corrected chi connectivity index (χ4v) is 5.39. The van der Waals surface area contributed by atoms with Crippen LogP contribution in [0.3, 0.4) is 0 Å². The molecule has 1 atom stereocenters. The predicted molar refractivity (Wildman–Crippen MR) is 139 cm³/mol. The number of nitrogens with zero attached hydrogens (tertiary/aromatic N) is 2. The highest BCUT2D eigenvalue weighted by Crippen LogP contribution is 2.52. The number of benzene rings is 2. The van der Waals surface area contributed by atoms with E-state index in [1.54, 1.807) is 17.0 Å². The molecule has 10 heteroatoms. The maximum absolute atomic E-state index is 13.6. The van der Waals surface area contributed by atoms with E-state index in [9.17, 15) is 24.5 Å². The molecule has 2 aliphatic rings. The van der Waals surface area contributed by atoms with E-state index in [0.29, 0.717) is 41.2 Å². The van der Waals surface area contributed by atoms with Crippen molar-refractivity contribution in [3.8, 4) is 0 Å². The molecule has 178 valence electrons. The molecule has 0 amide bonds. The third kappa shape index (κ3) is 4.01. The van der Waals surface area contributed by atoms with E-state index in [1.807, 2.05) is 38.1 Å². The Morgan fingerprint density at radius 1 is 1.00 bits per heavy atom. The summed E-state index contributed by atoms with van der Waals surface area (Å²) in [6.45, 7) is 4.02. The fourth-order valence-electron chi connectivity index (χ4n) is 5.03. The van der Waals surface area contributed by atoms with E-state index in [2.05, 4.69) is 32.6 Å². The van der Waals surface area contributed by atoms with E-state index in [0.717, 1.165) is 3.57 Å². The summed E-state index contributed by atoms with van der Waals surface area (Å²) in [5.74, 6) is -0.566. The second-order valence-electron chi connectivity index (χ2n) is 9.57. The van der Waals surface area contributed by atoms with Crippen LogP contribution < -0.4 is 16.1 Å². The van der Waals surface area contributed by atoms with E-state index in [1.165, 1.54) is 12.1 Å². The van der Waals surface area contributed by atoms with Crippen LogP contribution in [-0.4, -0.2) is 20.7 Å². The van der Waals surface area contributed by atoms with Crippen LogP contribution in [-0.2, 0) is 4.79 Å². The Balaban J connectivity index is 1.85. The molecule has 1 aliphatic carbocycles. The highest BCUT2D eigenvalue weighted by Gasteiger charge is 2.45. The Kier molecular flexibility index (Phi) is 5.50. The van der Waals surface area contributed by atoms with Gasteiger partial charge in [0.05, 0.1) is 10.5 Å². The number of allylic oxidation sites excluding steroid dienone is 2. The summed E-state index contributed by atoms with van der Waals surface area (Å²) < 4.78 is 1.01. The first-order valence-electron chi connectivity index (χ1n) is 11.0. The molecule has 0 saturated carbocycles. The molecule has 9 nitrogen and oxygen atoms in total. The summed E-state index contributed by atoms with van der Waals surface area (Å²) in [7, 11) is 0. The highest BCUT2D eigenvalue weighted by atomic mass is 127. The van der Waals surface area contributed by atoms with Gasteiger partial charge < -0.3 is 0 Å². The van der Waals surface area contributed by atoms with Gasteiger partial charge in [-0.25, -0.2) is 4.79 Å². The topological polar surface area (TPSA) is 129 Å². The van der Waals surface area contributed by atoms with Gasteiger partial charge in [-0.1, -0.05) is 26.0 Å². The van der Waals surface area contributed by atoms with Crippen molar-refractivity contribution in [2.75, 3.05) is 4.90 Å². The number of nitrogens with one attached hydrogen (secondary N) is 2. The van der Waals surface area contributed by atoms with Crippen LogP contribution in [0.4, 0.5) is 17.2 Å². The molecule has 2 heterocycles. The first kappa shape index (κ1) is 23.2. The number of hydrogen-bond donors (Lipinski definition) is 2. The average molecular weight is 584 g/mol. The van der Waals surface area contributed by atoms with Gasteiger partial charge in [0.25, 0.3) is 11.2 Å². The van der Waals surface area contributed by atoms with Crippen molar-refractivity contribution < 1.29 is 9.72 Å². The number of aromatic nitrogens is 2. The largest absolute Gasteiger partial charge is 0.327 e. The minimum Gasteiger partial charge on any atom is -0.299 e. The lowest BCUT2D eigenvalue weighted by atomic mass is 9.68. The number of hydrogen-bond acceptors (Lipinski definition) is 6. The van der Waals surface area contributed by atoms with Gasteiger partial charge >= 0.3 is 5.69 Å². The molecule has 2 aromatic carbocycles. The SMILES string of the molecule is CC1(C)CC(=O)C2=C(C1)N(c1ccc(I)cc1)c1[nH]c(=O)[nH]c(=O)c1C2c1ccc([N+](=O)[O-])cc1. The summed E-state index contributed by atoms with van der Waals surface area (Å²) in [6.07, 6.45) is 0.838. The number of halogens is 1. The van der Waals surface area contributed by atoms with Crippen molar-refractivity contribution in [1.29, 1.82) is 0 Å². The summed E-state index contributed by atoms with van der Waals surface area (Å²) >= 11 is 2.20. The quantitative estimate of drug-likeness (QED) is 0.265. The summed E-state index contributed by atoms with van der Waals surface area (Å²) in [5, 5.41) is 11.2. The molecule has 2 N–H and O–H groups in total. The molecule has 1 unspecified atom stereocenters. The second-order valence-corrected chi connectivity index (χ2v) is 10.8. The number of carbonyl (C=O) groups is 1. The molecule has 0 bridgehead atoms. The summed E-state index contributed by atoms with van der Waals surface area (Å²) in [6, 6.07) is 13.4. The maximum atomic E-state index is 13.6. The molecule has 0 fully saturated rings. The zero-order chi connectivity index (χ0) is 25.1. The third-order valence-electron chi connectivity index (χ3n) is 6.45. The van der Waals surface area contributed by atoms with Gasteiger partial charge in [-0.2, -0.15) is 0 Å². The zero-order valence-electron chi connectivity index (χ0n) is 18.9. The van der Waals surface area contributed by atoms with E-state index < -0.39 is 22.1 Å². The van der Waals surface area contributed by atoms with Gasteiger partial charge in [-0.3, -0.25) is 34.6 Å². The molecule has 1 aromatic heterocycles. The number of aromatic amines is 2. The minimum atomic E-state index is -0.773. The minimum absolute atomic E-state index is 0.0913. The standard InChI is InChI=1S/C25H21IN4O5/c1-25(2)11-17-20(18(31)12-25)19(13-3-7-16(8-4-13)30(34)35)21-22(27-24(33)28-23(21)32)29(17)15-9-5-14(26)6-10-15/h3-10,19H,11-12H2,1-2H3,(H2,27,28,32,33). The number of nitro groups is 1. The first-order chi connectivity index (χ1) is 16.6. The van der Waals surface area contributed by atoms with Gasteiger partial charge in [-0.05, 0) is 64.3 Å². The maximum Gasteiger partial charge on any atom is 0.327 e.